The van der Waals surface area contributed by atoms with Crippen molar-refractivity contribution in [1.29, 1.82) is 0 Å². The number of fused-ring (bicyclic) bond motifs is 1. The molecule has 0 amide bonds. The van der Waals surface area contributed by atoms with Crippen molar-refractivity contribution >= 4 is 32.8 Å². The van der Waals surface area contributed by atoms with Crippen LogP contribution in [-0.4, -0.2) is 50.8 Å². The molecule has 1 aliphatic heterocycles. The standard InChI is InChI=1S/C22H20ClFN6O3S/c23-16-7-3-5-14(11-16)12-30-21-19(27-28-30)22(31)26-20(25-21)15-6-4-10-29(13-15)34(32,33)18-9-2-1-8-17(18)24/h1-3,5,7-9,11,15H,4,6,10,12-13H2,(H,25,26,31)/t15-/m1/s1. The van der Waals surface area contributed by atoms with E-state index in [0.29, 0.717) is 35.9 Å². The number of H-pyrrole nitrogens is 1. The van der Waals surface area contributed by atoms with Gasteiger partial charge in [-0.15, -0.1) is 5.10 Å². The lowest BCUT2D eigenvalue weighted by Gasteiger charge is -2.31. The SMILES string of the molecule is O=c1[nH]c([C@@H]2CCCN(S(=O)(=O)c3ccccc3F)C2)nc2c1nnn2Cc1cccc(Cl)c1. The van der Waals surface area contributed by atoms with Crippen LogP contribution in [0.25, 0.3) is 11.2 Å². The molecule has 2 aromatic heterocycles. The van der Waals surface area contributed by atoms with Crippen LogP contribution in [0.4, 0.5) is 4.39 Å². The summed E-state index contributed by atoms with van der Waals surface area (Å²) in [5.74, 6) is -0.823. The maximum absolute atomic E-state index is 14.2. The van der Waals surface area contributed by atoms with Gasteiger partial charge < -0.3 is 4.98 Å². The average molecular weight is 503 g/mol. The molecule has 34 heavy (non-hydrogen) atoms. The van der Waals surface area contributed by atoms with Gasteiger partial charge in [0.2, 0.25) is 10.0 Å². The highest BCUT2D eigenvalue weighted by atomic mass is 35.5. The van der Waals surface area contributed by atoms with Gasteiger partial charge in [-0.25, -0.2) is 22.5 Å². The molecule has 2 aromatic carbocycles. The van der Waals surface area contributed by atoms with Crippen molar-refractivity contribution in [1.82, 2.24) is 29.3 Å². The molecule has 9 nitrogen and oxygen atoms in total. The number of rotatable bonds is 5. The molecule has 0 unspecified atom stereocenters. The van der Waals surface area contributed by atoms with E-state index < -0.39 is 21.4 Å². The number of aromatic nitrogens is 5. The topological polar surface area (TPSA) is 114 Å². The van der Waals surface area contributed by atoms with Crippen LogP contribution < -0.4 is 5.56 Å². The predicted octanol–water partition coefficient (Wildman–Crippen LogP) is 2.92. The van der Waals surface area contributed by atoms with Crippen molar-refractivity contribution in [2.45, 2.75) is 30.2 Å². The molecule has 3 heterocycles. The molecule has 1 saturated heterocycles. The van der Waals surface area contributed by atoms with Crippen LogP contribution in [0.1, 0.15) is 30.1 Å². The van der Waals surface area contributed by atoms with Gasteiger partial charge in [0.1, 0.15) is 16.5 Å². The molecule has 176 valence electrons. The zero-order valence-corrected chi connectivity index (χ0v) is 19.4. The van der Waals surface area contributed by atoms with Crippen molar-refractivity contribution < 1.29 is 12.8 Å². The molecule has 1 fully saturated rings. The quantitative estimate of drug-likeness (QED) is 0.449. The van der Waals surface area contributed by atoms with Gasteiger partial charge in [-0.3, -0.25) is 4.79 Å². The van der Waals surface area contributed by atoms with Gasteiger partial charge in [0.15, 0.2) is 11.2 Å². The third-order valence-corrected chi connectivity index (χ3v) is 7.97. The Morgan fingerprint density at radius 2 is 2.00 bits per heavy atom. The number of nitrogens with one attached hydrogen (secondary N) is 1. The van der Waals surface area contributed by atoms with Crippen molar-refractivity contribution in [3.05, 3.63) is 81.1 Å². The van der Waals surface area contributed by atoms with Crippen LogP contribution in [0.2, 0.25) is 5.02 Å². The molecule has 0 bridgehead atoms. The number of halogens is 2. The maximum Gasteiger partial charge on any atom is 0.281 e. The summed E-state index contributed by atoms with van der Waals surface area (Å²) >= 11 is 6.07. The van der Waals surface area contributed by atoms with Crippen LogP contribution in [0.5, 0.6) is 0 Å². The summed E-state index contributed by atoms with van der Waals surface area (Å²) in [6.45, 7) is 0.639. The second-order valence-corrected chi connectivity index (χ2v) is 10.5. The lowest BCUT2D eigenvalue weighted by atomic mass is 9.99. The monoisotopic (exact) mass is 502 g/mol. The van der Waals surface area contributed by atoms with E-state index in [0.717, 1.165) is 11.6 Å². The number of aromatic amines is 1. The van der Waals surface area contributed by atoms with Crippen LogP contribution in [0.3, 0.4) is 0 Å². The smallest absolute Gasteiger partial charge is 0.281 e. The first kappa shape index (κ1) is 22.6. The average Bonchev–Trinajstić information content (AvgIpc) is 3.22. The molecule has 4 aromatic rings. The summed E-state index contributed by atoms with van der Waals surface area (Å²) in [5.41, 5.74) is 0.805. The second kappa shape index (κ2) is 8.90. The number of sulfonamides is 1. The zero-order valence-electron chi connectivity index (χ0n) is 17.9. The van der Waals surface area contributed by atoms with E-state index in [9.17, 15) is 17.6 Å². The summed E-state index contributed by atoms with van der Waals surface area (Å²) in [5, 5.41) is 8.59. The van der Waals surface area contributed by atoms with E-state index >= 15 is 0 Å². The van der Waals surface area contributed by atoms with Gasteiger partial charge in [-0.2, -0.15) is 4.31 Å². The van der Waals surface area contributed by atoms with Gasteiger partial charge in [-0.05, 0) is 42.7 Å². The number of hydrogen-bond acceptors (Lipinski definition) is 6. The zero-order chi connectivity index (χ0) is 23.9. The van der Waals surface area contributed by atoms with E-state index in [1.807, 2.05) is 12.1 Å². The molecule has 1 N–H and O–H groups in total. The summed E-state index contributed by atoms with van der Waals surface area (Å²) in [6, 6.07) is 12.5. The summed E-state index contributed by atoms with van der Waals surface area (Å²) < 4.78 is 43.1. The Bertz CT molecular complexity index is 1540. The predicted molar refractivity (Wildman–Crippen MR) is 124 cm³/mol. The van der Waals surface area contributed by atoms with Crippen molar-refractivity contribution in [3.63, 3.8) is 0 Å². The summed E-state index contributed by atoms with van der Waals surface area (Å²) in [4.78, 5) is 19.7. The molecule has 0 saturated carbocycles. The van der Waals surface area contributed by atoms with Crippen LogP contribution in [0, 0.1) is 5.82 Å². The minimum absolute atomic E-state index is 0.0704. The maximum atomic E-state index is 14.2. The Morgan fingerprint density at radius 3 is 2.79 bits per heavy atom. The van der Waals surface area contributed by atoms with Crippen LogP contribution in [-0.2, 0) is 16.6 Å². The molecule has 0 spiro atoms. The number of nitrogens with zero attached hydrogens (tertiary/aromatic N) is 5. The van der Waals surface area contributed by atoms with E-state index in [2.05, 4.69) is 20.3 Å². The highest BCUT2D eigenvalue weighted by Crippen LogP contribution is 2.29. The lowest BCUT2D eigenvalue weighted by Crippen LogP contribution is -2.40. The minimum Gasteiger partial charge on any atom is -0.308 e. The Morgan fingerprint density at radius 1 is 1.18 bits per heavy atom. The number of piperidine rings is 1. The molecule has 1 atom stereocenters. The van der Waals surface area contributed by atoms with E-state index in [1.165, 1.54) is 27.2 Å². The molecule has 12 heteroatoms. The fraction of sp³-hybridized carbons (Fsp3) is 0.273. The molecule has 1 aliphatic rings. The largest absolute Gasteiger partial charge is 0.308 e. The lowest BCUT2D eigenvalue weighted by molar-refractivity contribution is 0.308. The Labute approximate surface area is 199 Å². The van der Waals surface area contributed by atoms with Crippen molar-refractivity contribution in [2.75, 3.05) is 13.1 Å². The highest BCUT2D eigenvalue weighted by molar-refractivity contribution is 7.89. The second-order valence-electron chi connectivity index (χ2n) is 8.13. The van der Waals surface area contributed by atoms with Crippen molar-refractivity contribution in [3.8, 4) is 0 Å². The van der Waals surface area contributed by atoms with E-state index in [-0.39, 0.29) is 29.4 Å². The summed E-state index contributed by atoms with van der Waals surface area (Å²) in [7, 11) is -4.03. The first-order valence-electron chi connectivity index (χ1n) is 10.7. The normalized spacial score (nSPS) is 17.3. The fourth-order valence-electron chi connectivity index (χ4n) is 4.17. The van der Waals surface area contributed by atoms with Gasteiger partial charge in [-0.1, -0.05) is 41.1 Å². The Kier molecular flexibility index (Phi) is 5.92. The number of benzene rings is 2. The fourth-order valence-corrected chi connectivity index (χ4v) is 5.97. The molecular formula is C22H20ClFN6O3S. The third-order valence-electron chi connectivity index (χ3n) is 5.84. The van der Waals surface area contributed by atoms with E-state index in [4.69, 9.17) is 11.6 Å². The van der Waals surface area contributed by atoms with Gasteiger partial charge >= 0.3 is 0 Å². The van der Waals surface area contributed by atoms with E-state index in [1.54, 1.807) is 12.1 Å². The number of hydrogen-bond donors (Lipinski definition) is 1. The Balaban J connectivity index is 1.47. The molecule has 0 radical (unpaired) electrons. The first-order valence-corrected chi connectivity index (χ1v) is 12.5. The molecule has 5 rings (SSSR count). The molecular weight excluding hydrogens is 483 g/mol. The highest BCUT2D eigenvalue weighted by Gasteiger charge is 2.33. The Hall–Kier alpha value is -3.15. The van der Waals surface area contributed by atoms with Crippen LogP contribution in [0.15, 0.2) is 58.2 Å². The van der Waals surface area contributed by atoms with Crippen LogP contribution >= 0.6 is 11.6 Å². The molecule has 0 aliphatic carbocycles. The van der Waals surface area contributed by atoms with Gasteiger partial charge in [0, 0.05) is 24.0 Å². The first-order chi connectivity index (χ1) is 16.3. The minimum atomic E-state index is -4.03. The van der Waals surface area contributed by atoms with Gasteiger partial charge in [0.05, 0.1) is 6.54 Å². The van der Waals surface area contributed by atoms with Crippen molar-refractivity contribution in [2.24, 2.45) is 0 Å². The summed E-state index contributed by atoms with van der Waals surface area (Å²) in [6.07, 6.45) is 1.16. The van der Waals surface area contributed by atoms with Gasteiger partial charge in [0.25, 0.3) is 5.56 Å². The third kappa shape index (κ3) is 4.22.